The first kappa shape index (κ1) is 17.3. The Kier molecular flexibility index (Phi) is 4.43. The highest BCUT2D eigenvalue weighted by atomic mass is 16.3. The first-order valence-electron chi connectivity index (χ1n) is 9.18. The molecule has 0 atom stereocenters. The van der Waals surface area contributed by atoms with Gasteiger partial charge in [-0.05, 0) is 37.6 Å². The number of carbonyl (C=O) groups excluding carboxylic acids is 2. The lowest BCUT2D eigenvalue weighted by Crippen LogP contribution is -2.50. The van der Waals surface area contributed by atoms with E-state index in [9.17, 15) is 9.59 Å². The van der Waals surface area contributed by atoms with Crippen LogP contribution in [0.5, 0.6) is 0 Å². The highest BCUT2D eigenvalue weighted by Gasteiger charge is 2.26. The molecule has 4 rings (SSSR count). The Balaban J connectivity index is 1.47. The Bertz CT molecular complexity index is 982. The molecule has 140 valence electrons. The van der Waals surface area contributed by atoms with Crippen molar-refractivity contribution in [1.82, 2.24) is 19.2 Å². The molecule has 0 aromatic carbocycles. The van der Waals surface area contributed by atoms with Gasteiger partial charge in [-0.25, -0.2) is 4.98 Å². The monoisotopic (exact) mass is 366 g/mol. The molecule has 0 saturated carbocycles. The van der Waals surface area contributed by atoms with Gasteiger partial charge in [-0.2, -0.15) is 0 Å². The van der Waals surface area contributed by atoms with Crippen LogP contribution in [0, 0.1) is 6.92 Å². The summed E-state index contributed by atoms with van der Waals surface area (Å²) in [5.74, 6) is 0.185. The largest absolute Gasteiger partial charge is 0.459 e. The van der Waals surface area contributed by atoms with Gasteiger partial charge in [-0.15, -0.1) is 0 Å². The number of rotatable bonds is 3. The quantitative estimate of drug-likeness (QED) is 0.714. The highest BCUT2D eigenvalue weighted by molar-refractivity contribution is 5.95. The zero-order valence-corrected chi connectivity index (χ0v) is 15.5. The summed E-state index contributed by atoms with van der Waals surface area (Å²) in [4.78, 5) is 33.3. The van der Waals surface area contributed by atoms with Crippen molar-refractivity contribution in [1.29, 1.82) is 0 Å². The molecule has 2 amide bonds. The smallest absolute Gasteiger partial charge is 0.289 e. The standard InChI is InChI=1S/C20H22N4O3/c1-3-16-14(2)24-13-15(6-7-18(24)21-16)19(25)22-8-10-23(11-9-22)20(26)17-5-4-12-27-17/h4-7,12-13H,3,8-11H2,1-2H3. The number of carbonyl (C=O) groups is 2. The van der Waals surface area contributed by atoms with Crippen molar-refractivity contribution < 1.29 is 14.0 Å². The molecule has 1 aliphatic heterocycles. The molecule has 1 saturated heterocycles. The number of imidazole rings is 1. The molecule has 0 unspecified atom stereocenters. The van der Waals surface area contributed by atoms with Crippen LogP contribution in [0.15, 0.2) is 41.1 Å². The van der Waals surface area contributed by atoms with Crippen LogP contribution in [-0.4, -0.2) is 57.2 Å². The van der Waals surface area contributed by atoms with Crippen LogP contribution in [0.25, 0.3) is 5.65 Å². The molecule has 7 heteroatoms. The third-order valence-corrected chi connectivity index (χ3v) is 5.12. The molecule has 3 aromatic rings. The molecule has 4 heterocycles. The Labute approximate surface area is 157 Å². The van der Waals surface area contributed by atoms with E-state index < -0.39 is 0 Å². The summed E-state index contributed by atoms with van der Waals surface area (Å²) < 4.78 is 7.15. The van der Waals surface area contributed by atoms with Crippen LogP contribution in [0.2, 0.25) is 0 Å². The number of furan rings is 1. The minimum absolute atomic E-state index is 0.0202. The van der Waals surface area contributed by atoms with E-state index in [4.69, 9.17) is 4.42 Å². The Morgan fingerprint density at radius 2 is 1.78 bits per heavy atom. The van der Waals surface area contributed by atoms with E-state index in [0.717, 1.165) is 23.5 Å². The molecule has 7 nitrogen and oxygen atoms in total. The van der Waals surface area contributed by atoms with Crippen molar-refractivity contribution in [3.63, 3.8) is 0 Å². The predicted molar refractivity (Wildman–Crippen MR) is 99.8 cm³/mol. The van der Waals surface area contributed by atoms with Crippen molar-refractivity contribution >= 4 is 17.5 Å². The molecule has 27 heavy (non-hydrogen) atoms. The van der Waals surface area contributed by atoms with E-state index in [1.54, 1.807) is 21.9 Å². The van der Waals surface area contributed by atoms with Crippen molar-refractivity contribution in [2.45, 2.75) is 20.3 Å². The fourth-order valence-electron chi connectivity index (χ4n) is 3.52. The number of fused-ring (bicyclic) bond motifs is 1. The number of aryl methyl sites for hydroxylation is 2. The minimum Gasteiger partial charge on any atom is -0.459 e. The topological polar surface area (TPSA) is 71.1 Å². The third kappa shape index (κ3) is 3.09. The average molecular weight is 366 g/mol. The number of hydrogen-bond donors (Lipinski definition) is 0. The maximum Gasteiger partial charge on any atom is 0.289 e. The Morgan fingerprint density at radius 1 is 1.07 bits per heavy atom. The summed E-state index contributed by atoms with van der Waals surface area (Å²) in [5, 5.41) is 0. The summed E-state index contributed by atoms with van der Waals surface area (Å²) in [6, 6.07) is 7.07. The molecular weight excluding hydrogens is 344 g/mol. The molecule has 3 aromatic heterocycles. The number of pyridine rings is 1. The Hall–Kier alpha value is -3.09. The van der Waals surface area contributed by atoms with Gasteiger partial charge < -0.3 is 18.6 Å². The first-order valence-corrected chi connectivity index (χ1v) is 9.18. The number of amides is 2. The third-order valence-electron chi connectivity index (χ3n) is 5.12. The van der Waals surface area contributed by atoms with Gasteiger partial charge in [-0.1, -0.05) is 6.92 Å². The van der Waals surface area contributed by atoms with E-state index in [1.165, 1.54) is 6.26 Å². The molecule has 0 bridgehead atoms. The maximum absolute atomic E-state index is 12.9. The fraction of sp³-hybridized carbons (Fsp3) is 0.350. The van der Waals surface area contributed by atoms with Crippen LogP contribution in [0.3, 0.4) is 0 Å². The van der Waals surface area contributed by atoms with Crippen LogP contribution in [0.1, 0.15) is 39.2 Å². The van der Waals surface area contributed by atoms with Gasteiger partial charge in [0, 0.05) is 38.1 Å². The number of hydrogen-bond acceptors (Lipinski definition) is 4. The average Bonchev–Trinajstić information content (AvgIpc) is 3.35. The number of piperazine rings is 1. The van der Waals surface area contributed by atoms with Gasteiger partial charge in [0.05, 0.1) is 17.5 Å². The van der Waals surface area contributed by atoms with Crippen LogP contribution >= 0.6 is 0 Å². The second-order valence-electron chi connectivity index (χ2n) is 6.71. The Morgan fingerprint density at radius 3 is 2.41 bits per heavy atom. The van der Waals surface area contributed by atoms with Gasteiger partial charge in [-0.3, -0.25) is 9.59 Å². The van der Waals surface area contributed by atoms with E-state index in [0.29, 0.717) is 37.5 Å². The normalized spacial score (nSPS) is 14.7. The summed E-state index contributed by atoms with van der Waals surface area (Å²) in [5.41, 5.74) is 3.60. The number of aromatic nitrogens is 2. The number of nitrogens with zero attached hydrogens (tertiary/aromatic N) is 4. The highest BCUT2D eigenvalue weighted by Crippen LogP contribution is 2.16. The molecule has 0 radical (unpaired) electrons. The van der Waals surface area contributed by atoms with Crippen LogP contribution < -0.4 is 0 Å². The molecule has 0 spiro atoms. The molecule has 0 N–H and O–H groups in total. The van der Waals surface area contributed by atoms with Gasteiger partial charge >= 0.3 is 0 Å². The van der Waals surface area contributed by atoms with Crippen molar-refractivity contribution in [2.24, 2.45) is 0 Å². The first-order chi connectivity index (χ1) is 13.1. The van der Waals surface area contributed by atoms with Crippen LogP contribution in [0.4, 0.5) is 0 Å². The second kappa shape index (κ2) is 6.90. The molecule has 0 aliphatic carbocycles. The molecule has 1 aliphatic rings. The van der Waals surface area contributed by atoms with Gasteiger partial charge in [0.15, 0.2) is 5.76 Å². The van der Waals surface area contributed by atoms with Gasteiger partial charge in [0.1, 0.15) is 5.65 Å². The zero-order chi connectivity index (χ0) is 19.0. The summed E-state index contributed by atoms with van der Waals surface area (Å²) >= 11 is 0. The second-order valence-corrected chi connectivity index (χ2v) is 6.71. The van der Waals surface area contributed by atoms with E-state index >= 15 is 0 Å². The summed E-state index contributed by atoms with van der Waals surface area (Å²) in [6.07, 6.45) is 4.22. The lowest BCUT2D eigenvalue weighted by Gasteiger charge is -2.34. The van der Waals surface area contributed by atoms with E-state index in [2.05, 4.69) is 11.9 Å². The van der Waals surface area contributed by atoms with Crippen molar-refractivity contribution in [3.05, 3.63) is 59.4 Å². The maximum atomic E-state index is 12.9. The minimum atomic E-state index is -0.130. The summed E-state index contributed by atoms with van der Waals surface area (Å²) in [6.45, 7) is 6.10. The lowest BCUT2D eigenvalue weighted by molar-refractivity contribution is 0.0518. The SMILES string of the molecule is CCc1nc2ccc(C(=O)N3CCN(C(=O)c4ccco4)CC3)cn2c1C. The lowest BCUT2D eigenvalue weighted by atomic mass is 10.2. The van der Waals surface area contributed by atoms with Crippen molar-refractivity contribution in [3.8, 4) is 0 Å². The van der Waals surface area contributed by atoms with Crippen molar-refractivity contribution in [2.75, 3.05) is 26.2 Å². The van der Waals surface area contributed by atoms with Gasteiger partial charge in [0.2, 0.25) is 0 Å². The molecule has 1 fully saturated rings. The summed E-state index contributed by atoms with van der Waals surface area (Å²) in [7, 11) is 0. The van der Waals surface area contributed by atoms with E-state index in [1.807, 2.05) is 29.7 Å². The van der Waals surface area contributed by atoms with Crippen LogP contribution in [-0.2, 0) is 6.42 Å². The molecular formula is C20H22N4O3. The van der Waals surface area contributed by atoms with E-state index in [-0.39, 0.29) is 11.8 Å². The fourth-order valence-corrected chi connectivity index (χ4v) is 3.52. The predicted octanol–water partition coefficient (Wildman–Crippen LogP) is 2.40. The zero-order valence-electron chi connectivity index (χ0n) is 15.5. The van der Waals surface area contributed by atoms with Gasteiger partial charge in [0.25, 0.3) is 11.8 Å².